The van der Waals surface area contributed by atoms with Gasteiger partial charge in [-0.25, -0.2) is 9.97 Å². The standard InChI is InChI=1S/C53H32N2/c1-3-16-33(17-4-1)49-32-50(34-18-5-2-6-19-34)55-52(54-49)41-26-15-29-47-51(41)40-25-12-14-28-46(40)53(47)45-27-13-11-24-39(45)44-30-42-37-22-9-7-20-35(37)36-21-8-10-23-38(36)43(42)31-48(44)53/h1-32H. The molecule has 1 aromatic heterocycles. The Balaban J connectivity index is 1.19. The monoisotopic (exact) mass is 696 g/mol. The van der Waals surface area contributed by atoms with Gasteiger partial charge in [0.05, 0.1) is 16.8 Å². The molecule has 9 aromatic carbocycles. The zero-order valence-corrected chi connectivity index (χ0v) is 29.9. The van der Waals surface area contributed by atoms with Crippen LogP contribution >= 0.6 is 0 Å². The van der Waals surface area contributed by atoms with Crippen LogP contribution in [0.2, 0.25) is 0 Å². The first kappa shape index (κ1) is 30.3. The highest BCUT2D eigenvalue weighted by Gasteiger charge is 2.52. The van der Waals surface area contributed by atoms with E-state index in [2.05, 4.69) is 194 Å². The summed E-state index contributed by atoms with van der Waals surface area (Å²) in [7, 11) is 0. The smallest absolute Gasteiger partial charge is 0.161 e. The summed E-state index contributed by atoms with van der Waals surface area (Å²) in [6.07, 6.45) is 0. The number of fused-ring (bicyclic) bond motifs is 16. The van der Waals surface area contributed by atoms with E-state index < -0.39 is 5.41 Å². The Morgan fingerprint density at radius 3 is 1.36 bits per heavy atom. The average Bonchev–Trinajstić information content (AvgIpc) is 3.73. The summed E-state index contributed by atoms with van der Waals surface area (Å²) in [5, 5.41) is 7.73. The van der Waals surface area contributed by atoms with Crippen molar-refractivity contribution >= 4 is 32.3 Å². The molecule has 0 N–H and O–H groups in total. The van der Waals surface area contributed by atoms with Crippen LogP contribution in [0.3, 0.4) is 0 Å². The zero-order valence-electron chi connectivity index (χ0n) is 29.9. The van der Waals surface area contributed by atoms with Gasteiger partial charge in [0.1, 0.15) is 0 Å². The lowest BCUT2D eigenvalue weighted by molar-refractivity contribution is 0.795. The molecule has 1 atom stereocenters. The Morgan fingerprint density at radius 1 is 0.291 bits per heavy atom. The molecule has 0 bridgehead atoms. The van der Waals surface area contributed by atoms with Crippen LogP contribution in [0.15, 0.2) is 194 Å². The highest BCUT2D eigenvalue weighted by Crippen LogP contribution is 2.64. The minimum atomic E-state index is -0.520. The summed E-state index contributed by atoms with van der Waals surface area (Å²) in [6, 6.07) is 70.7. The van der Waals surface area contributed by atoms with Gasteiger partial charge in [0.2, 0.25) is 0 Å². The first-order valence-corrected chi connectivity index (χ1v) is 19.0. The van der Waals surface area contributed by atoms with Gasteiger partial charge in [-0.3, -0.25) is 0 Å². The van der Waals surface area contributed by atoms with Crippen molar-refractivity contribution in [3.05, 3.63) is 216 Å². The van der Waals surface area contributed by atoms with Gasteiger partial charge in [0.15, 0.2) is 5.82 Å². The van der Waals surface area contributed by atoms with Crippen molar-refractivity contribution in [3.63, 3.8) is 0 Å². The van der Waals surface area contributed by atoms with E-state index in [9.17, 15) is 0 Å². The van der Waals surface area contributed by atoms with Crippen LogP contribution in [-0.4, -0.2) is 9.97 Å². The van der Waals surface area contributed by atoms with E-state index in [0.717, 1.165) is 33.9 Å². The van der Waals surface area contributed by atoms with E-state index in [1.807, 2.05) is 0 Å². The van der Waals surface area contributed by atoms with Gasteiger partial charge in [0, 0.05) is 16.7 Å². The van der Waals surface area contributed by atoms with Gasteiger partial charge in [-0.1, -0.05) is 176 Å². The fourth-order valence-electron chi connectivity index (χ4n) is 9.85. The number of hydrogen-bond acceptors (Lipinski definition) is 2. The molecular weight excluding hydrogens is 665 g/mol. The lowest BCUT2D eigenvalue weighted by atomic mass is 9.70. The Bertz CT molecular complexity index is 3140. The predicted octanol–water partition coefficient (Wildman–Crippen LogP) is 13.3. The van der Waals surface area contributed by atoms with Crippen molar-refractivity contribution in [3.8, 4) is 56.2 Å². The first-order valence-electron chi connectivity index (χ1n) is 19.0. The lowest BCUT2D eigenvalue weighted by Gasteiger charge is -2.31. The first-order chi connectivity index (χ1) is 27.3. The maximum absolute atomic E-state index is 5.35. The van der Waals surface area contributed by atoms with E-state index in [4.69, 9.17) is 9.97 Å². The van der Waals surface area contributed by atoms with Crippen molar-refractivity contribution in [1.82, 2.24) is 9.97 Å². The normalized spacial score (nSPS) is 15.0. The molecule has 55 heavy (non-hydrogen) atoms. The average molecular weight is 697 g/mol. The Morgan fingerprint density at radius 2 is 0.745 bits per heavy atom. The zero-order chi connectivity index (χ0) is 36.1. The van der Waals surface area contributed by atoms with Gasteiger partial charge in [-0.05, 0) is 95.0 Å². The summed E-state index contributed by atoms with van der Waals surface area (Å²) in [5.41, 5.74) is 14.7. The molecular formula is C53H32N2. The van der Waals surface area contributed by atoms with Crippen molar-refractivity contribution in [2.24, 2.45) is 0 Å². The fourth-order valence-corrected chi connectivity index (χ4v) is 9.85. The second-order valence-corrected chi connectivity index (χ2v) is 14.8. The minimum absolute atomic E-state index is 0.520. The number of nitrogens with zero attached hydrogens (tertiary/aromatic N) is 2. The second-order valence-electron chi connectivity index (χ2n) is 14.8. The lowest BCUT2D eigenvalue weighted by Crippen LogP contribution is -2.25. The van der Waals surface area contributed by atoms with Crippen LogP contribution in [0.25, 0.3) is 88.5 Å². The van der Waals surface area contributed by atoms with Gasteiger partial charge < -0.3 is 0 Å². The van der Waals surface area contributed by atoms with Crippen LogP contribution in [-0.2, 0) is 5.41 Å². The van der Waals surface area contributed by atoms with E-state index in [0.29, 0.717) is 0 Å². The number of hydrogen-bond donors (Lipinski definition) is 0. The number of benzene rings is 9. The highest BCUT2D eigenvalue weighted by atomic mass is 14.9. The van der Waals surface area contributed by atoms with E-state index in [1.54, 1.807) is 0 Å². The molecule has 0 radical (unpaired) electrons. The molecule has 2 heteroatoms. The fraction of sp³-hybridized carbons (Fsp3) is 0.0189. The molecule has 10 aromatic rings. The van der Waals surface area contributed by atoms with E-state index >= 15 is 0 Å². The molecule has 2 aliphatic carbocycles. The third kappa shape index (κ3) is 4.14. The van der Waals surface area contributed by atoms with Gasteiger partial charge in [-0.2, -0.15) is 0 Å². The largest absolute Gasteiger partial charge is 0.228 e. The molecule has 0 aliphatic heterocycles. The van der Waals surface area contributed by atoms with Gasteiger partial charge in [0.25, 0.3) is 0 Å². The SMILES string of the molecule is c1ccc(-c2cc(-c3ccccc3)nc(-c3cccc4c3-c3ccccc3C43c4ccccc4-c4cc5c6ccccc6c6ccccc6c5cc43)n2)cc1. The number of aromatic nitrogens is 2. The van der Waals surface area contributed by atoms with Crippen LogP contribution in [0.1, 0.15) is 22.3 Å². The summed E-state index contributed by atoms with van der Waals surface area (Å²) in [6.45, 7) is 0. The van der Waals surface area contributed by atoms with Crippen molar-refractivity contribution < 1.29 is 0 Å². The van der Waals surface area contributed by atoms with Crippen molar-refractivity contribution in [1.29, 1.82) is 0 Å². The molecule has 0 amide bonds. The molecule has 2 aliphatic rings. The molecule has 254 valence electrons. The third-order valence-electron chi connectivity index (χ3n) is 12.1. The molecule has 12 rings (SSSR count). The van der Waals surface area contributed by atoms with Crippen LogP contribution in [0, 0.1) is 0 Å². The summed E-state index contributed by atoms with van der Waals surface area (Å²) in [5.74, 6) is 0.728. The molecule has 2 nitrogen and oxygen atoms in total. The summed E-state index contributed by atoms with van der Waals surface area (Å²) in [4.78, 5) is 10.7. The third-order valence-corrected chi connectivity index (χ3v) is 12.1. The summed E-state index contributed by atoms with van der Waals surface area (Å²) < 4.78 is 0. The molecule has 1 spiro atoms. The molecule has 0 saturated heterocycles. The molecule has 0 saturated carbocycles. The van der Waals surface area contributed by atoms with Crippen LogP contribution < -0.4 is 0 Å². The predicted molar refractivity (Wildman–Crippen MR) is 227 cm³/mol. The second kappa shape index (κ2) is 11.4. The molecule has 1 unspecified atom stereocenters. The molecule has 0 fully saturated rings. The minimum Gasteiger partial charge on any atom is -0.228 e. The number of rotatable bonds is 3. The highest BCUT2D eigenvalue weighted by molar-refractivity contribution is 6.26. The summed E-state index contributed by atoms with van der Waals surface area (Å²) >= 11 is 0. The van der Waals surface area contributed by atoms with Crippen molar-refractivity contribution in [2.75, 3.05) is 0 Å². The molecule has 1 heterocycles. The van der Waals surface area contributed by atoms with E-state index in [1.165, 1.54) is 76.8 Å². The maximum Gasteiger partial charge on any atom is 0.161 e. The quantitative estimate of drug-likeness (QED) is 0.172. The van der Waals surface area contributed by atoms with Crippen LogP contribution in [0.5, 0.6) is 0 Å². The Labute approximate surface area is 319 Å². The van der Waals surface area contributed by atoms with Crippen molar-refractivity contribution in [2.45, 2.75) is 5.41 Å². The van der Waals surface area contributed by atoms with Gasteiger partial charge in [-0.15, -0.1) is 0 Å². The topological polar surface area (TPSA) is 25.8 Å². The maximum atomic E-state index is 5.35. The Kier molecular flexibility index (Phi) is 6.29. The van der Waals surface area contributed by atoms with E-state index in [-0.39, 0.29) is 0 Å². The van der Waals surface area contributed by atoms with Gasteiger partial charge >= 0.3 is 0 Å². The Hall–Kier alpha value is -7.16. The van der Waals surface area contributed by atoms with Crippen LogP contribution in [0.4, 0.5) is 0 Å².